The summed E-state index contributed by atoms with van der Waals surface area (Å²) in [4.78, 5) is 39.6. The summed E-state index contributed by atoms with van der Waals surface area (Å²) in [6.45, 7) is 1.98. The molecule has 0 unspecified atom stereocenters. The normalized spacial score (nSPS) is 11.1. The summed E-state index contributed by atoms with van der Waals surface area (Å²) in [5.74, 6) is -0.690. The van der Waals surface area contributed by atoms with E-state index in [0.717, 1.165) is 32.5 Å². The minimum Gasteiger partial charge on any atom is -0.325 e. The maximum atomic E-state index is 13.3. The van der Waals surface area contributed by atoms with Crippen LogP contribution in [0.1, 0.15) is 21.5 Å². The molecule has 208 valence electrons. The Balaban J connectivity index is 1.22. The van der Waals surface area contributed by atoms with E-state index in [1.165, 1.54) is 11.8 Å². The molecule has 0 spiro atoms. The topological polar surface area (TPSA) is 87.3 Å². The Morgan fingerprint density at radius 2 is 1.40 bits per heavy atom. The lowest BCUT2D eigenvalue weighted by atomic mass is 10.1. The van der Waals surface area contributed by atoms with Crippen molar-refractivity contribution in [1.29, 1.82) is 0 Å². The van der Waals surface area contributed by atoms with E-state index in [4.69, 9.17) is 0 Å². The molecule has 3 amide bonds. The van der Waals surface area contributed by atoms with Crippen LogP contribution in [0, 0.1) is 6.92 Å². The van der Waals surface area contributed by atoms with Gasteiger partial charge in [0.15, 0.2) is 0 Å². The van der Waals surface area contributed by atoms with Gasteiger partial charge in [-0.2, -0.15) is 0 Å². The van der Waals surface area contributed by atoms with Crippen LogP contribution in [0.3, 0.4) is 0 Å². The predicted octanol–water partition coefficient (Wildman–Crippen LogP) is 7.29. The van der Waals surface area contributed by atoms with Crippen molar-refractivity contribution in [2.75, 3.05) is 16.4 Å². The standard InChI is InChI=1S/C35H29N3O3S/c1-24-14-16-25(17-15-24)22-32(38-34(40)27-9-3-2-4-10-27)35(41)36-28-18-20-29(21-19-28)42-23-33(39)37-31-13-7-11-26-8-5-6-12-30(26)31/h2-22H,23H2,1H3,(H,36,41)(H,37,39)(H,38,40)/b32-22-. The van der Waals surface area contributed by atoms with E-state index in [1.54, 1.807) is 42.5 Å². The van der Waals surface area contributed by atoms with Crippen molar-refractivity contribution in [2.24, 2.45) is 0 Å². The van der Waals surface area contributed by atoms with E-state index in [1.807, 2.05) is 91.9 Å². The highest BCUT2D eigenvalue weighted by atomic mass is 32.2. The van der Waals surface area contributed by atoms with Crippen LogP contribution in [-0.4, -0.2) is 23.5 Å². The van der Waals surface area contributed by atoms with Crippen LogP contribution >= 0.6 is 11.8 Å². The number of hydrogen-bond donors (Lipinski definition) is 3. The van der Waals surface area contributed by atoms with Crippen LogP contribution in [0.15, 0.2) is 132 Å². The van der Waals surface area contributed by atoms with Crippen LogP contribution in [-0.2, 0) is 9.59 Å². The SMILES string of the molecule is Cc1ccc(/C=C(\NC(=O)c2ccccc2)C(=O)Nc2ccc(SCC(=O)Nc3cccc4ccccc34)cc2)cc1. The lowest BCUT2D eigenvalue weighted by Crippen LogP contribution is -2.30. The van der Waals surface area contributed by atoms with E-state index in [2.05, 4.69) is 16.0 Å². The number of anilines is 2. The van der Waals surface area contributed by atoms with Crippen LogP contribution in [0.2, 0.25) is 0 Å². The van der Waals surface area contributed by atoms with Gasteiger partial charge in [0, 0.05) is 27.2 Å². The molecule has 5 aromatic carbocycles. The van der Waals surface area contributed by atoms with Crippen molar-refractivity contribution in [3.8, 4) is 0 Å². The van der Waals surface area contributed by atoms with E-state index in [9.17, 15) is 14.4 Å². The van der Waals surface area contributed by atoms with Crippen molar-refractivity contribution in [1.82, 2.24) is 5.32 Å². The monoisotopic (exact) mass is 571 g/mol. The number of thioether (sulfide) groups is 1. The molecule has 3 N–H and O–H groups in total. The molecular formula is C35H29N3O3S. The Kier molecular flexibility index (Phi) is 9.11. The Bertz CT molecular complexity index is 1740. The zero-order chi connectivity index (χ0) is 29.3. The van der Waals surface area contributed by atoms with Crippen LogP contribution < -0.4 is 16.0 Å². The van der Waals surface area contributed by atoms with E-state index in [0.29, 0.717) is 11.3 Å². The Morgan fingerprint density at radius 1 is 0.714 bits per heavy atom. The Labute approximate surface area is 248 Å². The van der Waals surface area contributed by atoms with Gasteiger partial charge in [-0.25, -0.2) is 0 Å². The molecule has 0 aliphatic rings. The maximum absolute atomic E-state index is 13.3. The molecule has 0 aromatic heterocycles. The summed E-state index contributed by atoms with van der Waals surface area (Å²) < 4.78 is 0. The number of carbonyl (C=O) groups is 3. The molecule has 0 saturated carbocycles. The first-order chi connectivity index (χ1) is 20.4. The summed E-state index contributed by atoms with van der Waals surface area (Å²) in [5.41, 5.74) is 3.80. The molecule has 0 saturated heterocycles. The number of fused-ring (bicyclic) bond motifs is 1. The number of rotatable bonds is 9. The summed E-state index contributed by atoms with van der Waals surface area (Å²) >= 11 is 1.40. The number of nitrogens with one attached hydrogen (secondary N) is 3. The zero-order valence-corrected chi connectivity index (χ0v) is 23.8. The minimum atomic E-state index is -0.449. The highest BCUT2D eigenvalue weighted by Crippen LogP contribution is 2.25. The third kappa shape index (κ3) is 7.53. The minimum absolute atomic E-state index is 0.103. The summed E-state index contributed by atoms with van der Waals surface area (Å²) in [6.07, 6.45) is 1.65. The van der Waals surface area contributed by atoms with E-state index >= 15 is 0 Å². The van der Waals surface area contributed by atoms with Gasteiger partial charge in [0.05, 0.1) is 5.75 Å². The molecule has 0 bridgehead atoms. The largest absolute Gasteiger partial charge is 0.325 e. The molecule has 0 atom stereocenters. The highest BCUT2D eigenvalue weighted by Gasteiger charge is 2.15. The van der Waals surface area contributed by atoms with Crippen LogP contribution in [0.25, 0.3) is 16.8 Å². The predicted molar refractivity (Wildman–Crippen MR) is 171 cm³/mol. The quantitative estimate of drug-likeness (QED) is 0.128. The smallest absolute Gasteiger partial charge is 0.272 e. The van der Waals surface area contributed by atoms with Gasteiger partial charge < -0.3 is 16.0 Å². The highest BCUT2D eigenvalue weighted by molar-refractivity contribution is 8.00. The van der Waals surface area contributed by atoms with E-state index < -0.39 is 5.91 Å². The molecule has 0 radical (unpaired) electrons. The molecule has 42 heavy (non-hydrogen) atoms. The molecule has 5 rings (SSSR count). The fourth-order valence-electron chi connectivity index (χ4n) is 4.27. The number of benzene rings is 5. The first kappa shape index (κ1) is 28.4. The Hall–Kier alpha value is -5.14. The van der Waals surface area contributed by atoms with Crippen LogP contribution in [0.5, 0.6) is 0 Å². The number of amides is 3. The van der Waals surface area contributed by atoms with Crippen molar-refractivity contribution in [3.05, 3.63) is 144 Å². The van der Waals surface area contributed by atoms with Crippen molar-refractivity contribution < 1.29 is 14.4 Å². The van der Waals surface area contributed by atoms with Gasteiger partial charge in [0.1, 0.15) is 5.70 Å². The van der Waals surface area contributed by atoms with Gasteiger partial charge >= 0.3 is 0 Å². The number of hydrogen-bond acceptors (Lipinski definition) is 4. The molecule has 5 aromatic rings. The lowest BCUT2D eigenvalue weighted by Gasteiger charge is -2.12. The molecule has 0 aliphatic carbocycles. The van der Waals surface area contributed by atoms with Gasteiger partial charge in [0.2, 0.25) is 5.91 Å². The molecule has 6 nitrogen and oxygen atoms in total. The summed E-state index contributed by atoms with van der Waals surface area (Å²) in [7, 11) is 0. The molecule has 0 aliphatic heterocycles. The van der Waals surface area contributed by atoms with Gasteiger partial charge in [-0.1, -0.05) is 84.4 Å². The first-order valence-corrected chi connectivity index (χ1v) is 14.4. The van der Waals surface area contributed by atoms with Crippen molar-refractivity contribution in [2.45, 2.75) is 11.8 Å². The van der Waals surface area contributed by atoms with Crippen LogP contribution in [0.4, 0.5) is 11.4 Å². The van der Waals surface area contributed by atoms with E-state index in [-0.39, 0.29) is 23.3 Å². The molecule has 0 heterocycles. The third-order valence-electron chi connectivity index (χ3n) is 6.46. The van der Waals surface area contributed by atoms with Gasteiger partial charge in [0.25, 0.3) is 11.8 Å². The zero-order valence-electron chi connectivity index (χ0n) is 23.0. The maximum Gasteiger partial charge on any atom is 0.272 e. The molecule has 7 heteroatoms. The average molecular weight is 572 g/mol. The van der Waals surface area contributed by atoms with Crippen molar-refractivity contribution >= 4 is 57.7 Å². The fourth-order valence-corrected chi connectivity index (χ4v) is 4.97. The first-order valence-electron chi connectivity index (χ1n) is 13.4. The number of carbonyl (C=O) groups excluding carboxylic acids is 3. The number of aryl methyl sites for hydroxylation is 1. The Morgan fingerprint density at radius 3 is 2.17 bits per heavy atom. The molecular weight excluding hydrogens is 542 g/mol. The molecule has 0 fully saturated rings. The second-order valence-corrected chi connectivity index (χ2v) is 10.7. The van der Waals surface area contributed by atoms with Crippen molar-refractivity contribution in [3.63, 3.8) is 0 Å². The second-order valence-electron chi connectivity index (χ2n) is 9.63. The summed E-state index contributed by atoms with van der Waals surface area (Å²) in [5, 5.41) is 10.7. The second kappa shape index (κ2) is 13.5. The van der Waals surface area contributed by atoms with Gasteiger partial charge in [-0.05, 0) is 66.4 Å². The van der Waals surface area contributed by atoms with Gasteiger partial charge in [-0.3, -0.25) is 14.4 Å². The van der Waals surface area contributed by atoms with Gasteiger partial charge in [-0.15, -0.1) is 11.8 Å². The lowest BCUT2D eigenvalue weighted by molar-refractivity contribution is -0.114. The average Bonchev–Trinajstić information content (AvgIpc) is 3.02. The third-order valence-corrected chi connectivity index (χ3v) is 7.48. The fraction of sp³-hybridized carbons (Fsp3) is 0.0571. The summed E-state index contributed by atoms with van der Waals surface area (Å²) in [6, 6.07) is 37.4.